The molecular weight excluding hydrogens is 242 g/mol. The van der Waals surface area contributed by atoms with Gasteiger partial charge in [0, 0.05) is 18.0 Å². The number of carbonyl (C=O) groups excluding carboxylic acids is 2. The number of hydrogen-bond donors (Lipinski definition) is 0. The molecule has 0 rings (SSSR count). The van der Waals surface area contributed by atoms with Gasteiger partial charge in [-0.05, 0) is 48.0 Å². The summed E-state index contributed by atoms with van der Waals surface area (Å²) in [7, 11) is 0. The quantitative estimate of drug-likeness (QED) is 0.715. The molecule has 0 radical (unpaired) electrons. The van der Waals surface area contributed by atoms with Crippen LogP contribution in [0.15, 0.2) is 0 Å². The van der Waals surface area contributed by atoms with Gasteiger partial charge < -0.3 is 9.53 Å². The van der Waals surface area contributed by atoms with Gasteiger partial charge in [0.15, 0.2) is 0 Å². The van der Waals surface area contributed by atoms with Crippen LogP contribution in [-0.2, 0) is 9.53 Å². The molecule has 112 valence electrons. The Morgan fingerprint density at radius 3 is 2.05 bits per heavy atom. The third kappa shape index (κ3) is 6.60. The summed E-state index contributed by atoms with van der Waals surface area (Å²) in [5.41, 5.74) is -0.899. The van der Waals surface area contributed by atoms with Crippen molar-refractivity contribution in [1.82, 2.24) is 4.90 Å². The Kier molecular flexibility index (Phi) is 6.53. The molecule has 0 spiro atoms. The number of hydrogen-bond acceptors (Lipinski definition) is 3. The molecule has 0 aromatic carbocycles. The van der Waals surface area contributed by atoms with Gasteiger partial charge in [0.05, 0.1) is 0 Å². The summed E-state index contributed by atoms with van der Waals surface area (Å²) in [6.45, 7) is 13.5. The van der Waals surface area contributed by atoms with Crippen LogP contribution in [0.25, 0.3) is 0 Å². The van der Waals surface area contributed by atoms with Gasteiger partial charge in [0.2, 0.25) is 0 Å². The normalized spacial score (nSPS) is 13.8. The molecule has 1 amide bonds. The van der Waals surface area contributed by atoms with E-state index in [4.69, 9.17) is 4.74 Å². The summed E-state index contributed by atoms with van der Waals surface area (Å²) in [5, 5.41) is 0. The molecule has 0 aliphatic heterocycles. The second-order valence-corrected chi connectivity index (χ2v) is 6.87. The third-order valence-corrected chi connectivity index (χ3v) is 2.67. The second-order valence-electron chi connectivity index (χ2n) is 6.87. The van der Waals surface area contributed by atoms with Gasteiger partial charge >= 0.3 is 6.09 Å². The lowest BCUT2D eigenvalue weighted by atomic mass is 9.99. The highest BCUT2D eigenvalue weighted by atomic mass is 16.6. The van der Waals surface area contributed by atoms with Crippen LogP contribution >= 0.6 is 0 Å². The van der Waals surface area contributed by atoms with E-state index in [2.05, 4.69) is 0 Å². The standard InChI is InChI=1S/C15H29NO3/c1-8-9-12(10-11-17)16(14(2,3)4)13(18)19-15(5,6)7/h11-12H,8-10H2,1-7H3. The molecule has 0 saturated heterocycles. The Bertz CT molecular complexity index is 299. The molecule has 4 heteroatoms. The highest BCUT2D eigenvalue weighted by Crippen LogP contribution is 2.24. The predicted octanol–water partition coefficient (Wildman–Crippen LogP) is 3.78. The number of nitrogens with zero attached hydrogens (tertiary/aromatic N) is 1. The Hall–Kier alpha value is -1.06. The van der Waals surface area contributed by atoms with E-state index in [1.807, 2.05) is 48.5 Å². The minimum Gasteiger partial charge on any atom is -0.444 e. The van der Waals surface area contributed by atoms with Crippen molar-refractivity contribution in [3.63, 3.8) is 0 Å². The fourth-order valence-corrected chi connectivity index (χ4v) is 2.08. The van der Waals surface area contributed by atoms with E-state index < -0.39 is 5.60 Å². The van der Waals surface area contributed by atoms with Gasteiger partial charge in [-0.25, -0.2) is 4.79 Å². The molecule has 19 heavy (non-hydrogen) atoms. The Balaban J connectivity index is 5.18. The van der Waals surface area contributed by atoms with E-state index in [0.717, 1.165) is 19.1 Å². The summed E-state index contributed by atoms with van der Waals surface area (Å²) < 4.78 is 5.47. The smallest absolute Gasteiger partial charge is 0.410 e. The number of amides is 1. The zero-order valence-corrected chi connectivity index (χ0v) is 13.4. The van der Waals surface area contributed by atoms with Crippen LogP contribution in [0.2, 0.25) is 0 Å². The van der Waals surface area contributed by atoms with Crippen LogP contribution in [0.3, 0.4) is 0 Å². The van der Waals surface area contributed by atoms with Gasteiger partial charge in [0.25, 0.3) is 0 Å². The minimum absolute atomic E-state index is 0.0997. The second kappa shape index (κ2) is 6.92. The molecular formula is C15H29NO3. The number of rotatable bonds is 5. The first-order valence-electron chi connectivity index (χ1n) is 6.99. The molecule has 1 atom stereocenters. The maximum Gasteiger partial charge on any atom is 0.410 e. The minimum atomic E-state index is -0.529. The van der Waals surface area contributed by atoms with Crippen molar-refractivity contribution in [2.75, 3.05) is 0 Å². The van der Waals surface area contributed by atoms with E-state index in [1.165, 1.54) is 0 Å². The molecule has 0 aliphatic rings. The SMILES string of the molecule is CCCC(CC=O)N(C(=O)OC(C)(C)C)C(C)(C)C. The van der Waals surface area contributed by atoms with E-state index in [1.54, 1.807) is 4.90 Å². The van der Waals surface area contributed by atoms with Crippen LogP contribution in [0.4, 0.5) is 4.79 Å². The largest absolute Gasteiger partial charge is 0.444 e. The van der Waals surface area contributed by atoms with Crippen LogP contribution in [0, 0.1) is 0 Å². The Morgan fingerprint density at radius 2 is 1.74 bits per heavy atom. The van der Waals surface area contributed by atoms with Crippen molar-refractivity contribution in [3.05, 3.63) is 0 Å². The van der Waals surface area contributed by atoms with Crippen molar-refractivity contribution in [2.45, 2.75) is 84.9 Å². The van der Waals surface area contributed by atoms with Crippen molar-refractivity contribution >= 4 is 12.4 Å². The molecule has 0 heterocycles. The lowest BCUT2D eigenvalue weighted by Gasteiger charge is -2.41. The number of aldehydes is 1. The first kappa shape index (κ1) is 17.9. The zero-order chi connectivity index (χ0) is 15.3. The van der Waals surface area contributed by atoms with E-state index in [0.29, 0.717) is 6.42 Å². The fourth-order valence-electron chi connectivity index (χ4n) is 2.08. The van der Waals surface area contributed by atoms with Crippen LogP contribution < -0.4 is 0 Å². The van der Waals surface area contributed by atoms with Gasteiger partial charge in [-0.15, -0.1) is 0 Å². The average molecular weight is 271 g/mol. The molecule has 0 aromatic rings. The zero-order valence-electron chi connectivity index (χ0n) is 13.4. The Labute approximate surface area is 117 Å². The molecule has 0 bridgehead atoms. The first-order chi connectivity index (χ1) is 8.53. The first-order valence-corrected chi connectivity index (χ1v) is 6.99. The van der Waals surface area contributed by atoms with Crippen LogP contribution in [-0.4, -0.2) is 34.5 Å². The molecule has 4 nitrogen and oxygen atoms in total. The summed E-state index contributed by atoms with van der Waals surface area (Å²) in [4.78, 5) is 24.9. The van der Waals surface area contributed by atoms with Crippen LogP contribution in [0.5, 0.6) is 0 Å². The van der Waals surface area contributed by atoms with Crippen molar-refractivity contribution in [2.24, 2.45) is 0 Å². The van der Waals surface area contributed by atoms with Gasteiger partial charge in [0.1, 0.15) is 11.9 Å². The molecule has 1 unspecified atom stereocenters. The maximum absolute atomic E-state index is 12.4. The lowest BCUT2D eigenvalue weighted by Crippen LogP contribution is -2.53. The third-order valence-electron chi connectivity index (χ3n) is 2.67. The predicted molar refractivity (Wildman–Crippen MR) is 77.2 cm³/mol. The van der Waals surface area contributed by atoms with E-state index in [-0.39, 0.29) is 17.7 Å². The van der Waals surface area contributed by atoms with E-state index in [9.17, 15) is 9.59 Å². The summed E-state index contributed by atoms with van der Waals surface area (Å²) in [5.74, 6) is 0. The van der Waals surface area contributed by atoms with E-state index >= 15 is 0 Å². The van der Waals surface area contributed by atoms with Crippen LogP contribution in [0.1, 0.15) is 67.7 Å². The molecule has 0 N–H and O–H groups in total. The molecule has 0 saturated carbocycles. The van der Waals surface area contributed by atoms with Gasteiger partial charge in [-0.1, -0.05) is 13.3 Å². The number of carbonyl (C=O) groups is 2. The summed E-state index contributed by atoms with van der Waals surface area (Å²) in [6, 6.07) is -0.0997. The molecule has 0 fully saturated rings. The molecule has 0 aliphatic carbocycles. The topological polar surface area (TPSA) is 46.6 Å². The van der Waals surface area contributed by atoms with Crippen molar-refractivity contribution in [1.29, 1.82) is 0 Å². The Morgan fingerprint density at radius 1 is 1.21 bits per heavy atom. The summed E-state index contributed by atoms with van der Waals surface area (Å²) in [6.07, 6.45) is 2.61. The van der Waals surface area contributed by atoms with Crippen molar-refractivity contribution < 1.29 is 14.3 Å². The summed E-state index contributed by atoms with van der Waals surface area (Å²) >= 11 is 0. The van der Waals surface area contributed by atoms with Gasteiger partial charge in [-0.3, -0.25) is 4.90 Å². The monoisotopic (exact) mass is 271 g/mol. The number of ether oxygens (including phenoxy) is 1. The van der Waals surface area contributed by atoms with Gasteiger partial charge in [-0.2, -0.15) is 0 Å². The fraction of sp³-hybridized carbons (Fsp3) is 0.867. The molecule has 0 aromatic heterocycles. The average Bonchev–Trinajstić information content (AvgIpc) is 2.12. The van der Waals surface area contributed by atoms with Crippen molar-refractivity contribution in [3.8, 4) is 0 Å². The maximum atomic E-state index is 12.4. The lowest BCUT2D eigenvalue weighted by molar-refractivity contribution is -0.109. The highest BCUT2D eigenvalue weighted by Gasteiger charge is 2.35. The highest BCUT2D eigenvalue weighted by molar-refractivity contribution is 5.70.